The minimum atomic E-state index is -2.77. The van der Waals surface area contributed by atoms with Crippen LogP contribution in [0.3, 0.4) is 0 Å². The van der Waals surface area contributed by atoms with E-state index in [-0.39, 0.29) is 47.9 Å². The van der Waals surface area contributed by atoms with Crippen molar-refractivity contribution in [2.24, 2.45) is 0 Å². The molecule has 0 bridgehead atoms. The molecule has 4 aromatic heterocycles. The maximum atomic E-state index is 10.0. The van der Waals surface area contributed by atoms with Crippen LogP contribution in [0.1, 0.15) is 76.2 Å². The molecule has 4 nitrogen and oxygen atoms in total. The van der Waals surface area contributed by atoms with Crippen molar-refractivity contribution in [2.75, 3.05) is 0 Å². The van der Waals surface area contributed by atoms with Crippen molar-refractivity contribution in [3.8, 4) is 44.9 Å². The summed E-state index contributed by atoms with van der Waals surface area (Å²) in [5, 5.41) is 1.75. The van der Waals surface area contributed by atoms with E-state index in [0.29, 0.717) is 29.7 Å². The van der Waals surface area contributed by atoms with Gasteiger partial charge in [0.25, 0.3) is 0 Å². The number of nitrogens with zero attached hydrogens (tertiary/aromatic N) is 3. The van der Waals surface area contributed by atoms with Gasteiger partial charge in [-0.25, -0.2) is 0 Å². The molecule has 330 valence electrons. The molecule has 4 heterocycles. The topological polar surface area (TPSA) is 51.8 Å². The van der Waals surface area contributed by atoms with Gasteiger partial charge >= 0.3 is 20.1 Å². The molecule has 5 heteroatoms. The minimum absolute atomic E-state index is 0. The fourth-order valence-electron chi connectivity index (χ4n) is 8.88. The van der Waals surface area contributed by atoms with Gasteiger partial charge in [-0.1, -0.05) is 124 Å². The van der Waals surface area contributed by atoms with Crippen LogP contribution in [0.15, 0.2) is 181 Å². The van der Waals surface area contributed by atoms with Crippen molar-refractivity contribution in [1.82, 2.24) is 15.0 Å². The number of furan rings is 1. The first-order chi connectivity index (χ1) is 34.8. The quantitative estimate of drug-likeness (QED) is 0.108. The number of benzene rings is 6. The second-order valence-corrected chi connectivity index (χ2v) is 18.2. The van der Waals surface area contributed by atoms with Crippen molar-refractivity contribution >= 4 is 21.9 Å². The van der Waals surface area contributed by atoms with E-state index in [0.717, 1.165) is 61.1 Å². The molecule has 10 rings (SSSR count). The molecule has 0 fully saturated rings. The third kappa shape index (κ3) is 9.86. The molecule has 6 aromatic carbocycles. The summed E-state index contributed by atoms with van der Waals surface area (Å²) in [6.45, 7) is 5.95. The average Bonchev–Trinajstić information content (AvgIpc) is 3.76. The third-order valence-corrected chi connectivity index (χ3v) is 12.5. The van der Waals surface area contributed by atoms with Crippen LogP contribution in [0.5, 0.6) is 0 Å². The van der Waals surface area contributed by atoms with Crippen LogP contribution in [0.2, 0.25) is 0 Å². The second kappa shape index (κ2) is 19.2. The summed E-state index contributed by atoms with van der Waals surface area (Å²) in [6.07, 6.45) is 0.626. The van der Waals surface area contributed by atoms with E-state index in [1.54, 1.807) is 42.5 Å². The zero-order valence-corrected chi connectivity index (χ0v) is 40.1. The summed E-state index contributed by atoms with van der Waals surface area (Å²) in [5.74, 6) is 0. The van der Waals surface area contributed by atoms with Crippen molar-refractivity contribution < 1.29 is 34.1 Å². The fourth-order valence-corrected chi connectivity index (χ4v) is 8.88. The number of hydrogen-bond acceptors (Lipinski definition) is 4. The van der Waals surface area contributed by atoms with Gasteiger partial charge in [-0.2, -0.15) is 0 Å². The molecule has 0 saturated heterocycles. The van der Waals surface area contributed by atoms with Crippen LogP contribution >= 0.6 is 0 Å². The number of fused-ring (bicyclic) bond motifs is 3. The van der Waals surface area contributed by atoms with Crippen LogP contribution in [0, 0.1) is 25.1 Å². The minimum Gasteiger partial charge on any atom is -0.500 e. The van der Waals surface area contributed by atoms with Gasteiger partial charge in [0.15, 0.2) is 0 Å². The Kier molecular flexibility index (Phi) is 10.7. The molecular formula is C62H52IrN3O. The van der Waals surface area contributed by atoms with Gasteiger partial charge in [0.2, 0.25) is 0 Å². The Hall–Kier alpha value is -6.78. The number of rotatable bonds is 13. The van der Waals surface area contributed by atoms with Gasteiger partial charge < -0.3 is 19.4 Å². The summed E-state index contributed by atoms with van der Waals surface area (Å²) < 4.78 is 71.8. The van der Waals surface area contributed by atoms with E-state index in [4.69, 9.17) is 23.5 Å². The number of aryl methyl sites for hydroxylation is 3. The van der Waals surface area contributed by atoms with Gasteiger partial charge in [0.05, 0.1) is 5.58 Å². The van der Waals surface area contributed by atoms with E-state index in [1.807, 2.05) is 103 Å². The van der Waals surface area contributed by atoms with Gasteiger partial charge in [-0.3, -0.25) is 0 Å². The summed E-state index contributed by atoms with van der Waals surface area (Å²) in [7, 11) is 0. The van der Waals surface area contributed by atoms with Crippen molar-refractivity contribution in [3.05, 3.63) is 233 Å². The smallest absolute Gasteiger partial charge is 0.500 e. The Morgan fingerprint density at radius 1 is 0.522 bits per heavy atom. The standard InChI is InChI=1S/C62H52N3O.Ir/c1-42-16-12-13-21-52(42)54-36-58(48-26-31-60-55(35-48)53-22-14-15-23-59(53)66-60)63-39-49(54)25-24-43-32-44(37-61(2,3)50-27-29-56(64-40-50)46-17-8-6-9-18-46)34-45(33-43)38-62(4,5)51-28-30-57(65-41-51)47-19-10-7-11-20-47;/h6-17,19,21-23,27-36,39-41H,24-25,37-38H2,1-5H3;/q-3;+3/i1D3,24D2,25D2;. The molecule has 0 saturated carbocycles. The largest absolute Gasteiger partial charge is 3.00 e. The number of pyridine rings is 3. The van der Waals surface area contributed by atoms with Crippen molar-refractivity contribution in [3.63, 3.8) is 0 Å². The molecule has 0 aliphatic carbocycles. The third-order valence-electron chi connectivity index (χ3n) is 12.5. The van der Waals surface area contributed by atoms with Crippen molar-refractivity contribution in [1.29, 1.82) is 0 Å². The van der Waals surface area contributed by atoms with Gasteiger partial charge in [-0.05, 0) is 116 Å². The molecule has 0 N–H and O–H groups in total. The predicted molar refractivity (Wildman–Crippen MR) is 270 cm³/mol. The van der Waals surface area contributed by atoms with Gasteiger partial charge in [-0.15, -0.1) is 95.6 Å². The molecule has 0 atom stereocenters. The summed E-state index contributed by atoms with van der Waals surface area (Å²) >= 11 is 0. The van der Waals surface area contributed by atoms with Crippen LogP contribution in [0.4, 0.5) is 0 Å². The Morgan fingerprint density at radius 3 is 1.73 bits per heavy atom. The van der Waals surface area contributed by atoms with Crippen molar-refractivity contribution in [2.45, 2.75) is 71.0 Å². The zero-order chi connectivity index (χ0) is 51.3. The second-order valence-electron chi connectivity index (χ2n) is 18.2. The van der Waals surface area contributed by atoms with Gasteiger partial charge in [0, 0.05) is 33.6 Å². The molecule has 0 amide bonds. The Morgan fingerprint density at radius 2 is 1.12 bits per heavy atom. The summed E-state index contributed by atoms with van der Waals surface area (Å²) in [6, 6.07) is 58.5. The number of hydrogen-bond donors (Lipinski definition) is 0. The molecule has 0 radical (unpaired) electrons. The molecule has 0 aliphatic heterocycles. The maximum Gasteiger partial charge on any atom is 3.00 e. The SMILES string of the molecule is [2H]C([2H])([2H])c1ccccc1-c1cc(-c2[c-]cc3oc4ccccc4c3c2)ncc1C([2H])([2H])C([2H])([2H])c1cc(CC(C)(C)c2ccc(-c3[c-]cccc3)nc2)cc(CC(C)(C)c2ccc(-c3[c-]cccc3)nc2)c1.[Ir+3]. The van der Waals surface area contributed by atoms with E-state index in [9.17, 15) is 5.48 Å². The van der Waals surface area contributed by atoms with Crippen LogP contribution in [-0.2, 0) is 56.5 Å². The molecule has 0 unspecified atom stereocenters. The Balaban J connectivity index is 0.00000672. The van der Waals surface area contributed by atoms with E-state index >= 15 is 0 Å². The van der Waals surface area contributed by atoms with Crippen LogP contribution < -0.4 is 0 Å². The van der Waals surface area contributed by atoms with E-state index < -0.39 is 30.4 Å². The Bertz CT molecular complexity index is 3500. The first kappa shape index (κ1) is 37.3. The normalized spacial score (nSPS) is 13.9. The zero-order valence-electron chi connectivity index (χ0n) is 44.7. The van der Waals surface area contributed by atoms with E-state index in [1.165, 1.54) is 12.3 Å². The van der Waals surface area contributed by atoms with Crippen LogP contribution in [-0.4, -0.2) is 15.0 Å². The molecule has 67 heavy (non-hydrogen) atoms. The van der Waals surface area contributed by atoms with E-state index in [2.05, 4.69) is 64.1 Å². The number of aromatic nitrogens is 3. The van der Waals surface area contributed by atoms with Gasteiger partial charge in [0.1, 0.15) is 5.58 Å². The molecule has 0 spiro atoms. The first-order valence-corrected chi connectivity index (χ1v) is 22.2. The molecular weight excluding hydrogens is 995 g/mol. The first-order valence-electron chi connectivity index (χ1n) is 25.7. The Labute approximate surface area is 418 Å². The molecule has 0 aliphatic rings. The monoisotopic (exact) mass is 1050 g/mol. The number of para-hydroxylation sites is 1. The fraction of sp³-hybridized carbons (Fsp3) is 0.177. The summed E-state index contributed by atoms with van der Waals surface area (Å²) in [4.78, 5) is 14.4. The average molecular weight is 1050 g/mol. The molecule has 10 aromatic rings. The van der Waals surface area contributed by atoms with Crippen LogP contribution in [0.25, 0.3) is 66.8 Å². The summed E-state index contributed by atoms with van der Waals surface area (Å²) in [5.41, 5.74) is 8.91. The maximum absolute atomic E-state index is 10.0. The predicted octanol–water partition coefficient (Wildman–Crippen LogP) is 15.0.